The van der Waals surface area contributed by atoms with E-state index in [9.17, 15) is 4.79 Å². The first-order valence-electron chi connectivity index (χ1n) is 7.29. The predicted molar refractivity (Wildman–Crippen MR) is 74.2 cm³/mol. The summed E-state index contributed by atoms with van der Waals surface area (Å²) in [5.74, 6) is -0.179. The van der Waals surface area contributed by atoms with Gasteiger partial charge in [0.2, 0.25) is 0 Å². The molecule has 0 bridgehead atoms. The van der Waals surface area contributed by atoms with E-state index in [-0.39, 0.29) is 29.7 Å². The molecule has 0 saturated carbocycles. The van der Waals surface area contributed by atoms with Crippen LogP contribution in [0.25, 0.3) is 0 Å². The lowest BCUT2D eigenvalue weighted by Gasteiger charge is -2.19. The highest BCUT2D eigenvalue weighted by molar-refractivity contribution is 5.91. The van der Waals surface area contributed by atoms with Crippen LogP contribution in [-0.2, 0) is 19.0 Å². The van der Waals surface area contributed by atoms with E-state index < -0.39 is 0 Å². The minimum absolute atomic E-state index is 0.0353. The summed E-state index contributed by atoms with van der Waals surface area (Å²) in [7, 11) is 1.71. The van der Waals surface area contributed by atoms with Gasteiger partial charge in [-0.25, -0.2) is 4.79 Å². The highest BCUT2D eigenvalue weighted by Gasteiger charge is 2.61. The first-order valence-corrected chi connectivity index (χ1v) is 7.29. The average Bonchev–Trinajstić information content (AvgIpc) is 2.99. The van der Waals surface area contributed by atoms with E-state index in [1.807, 2.05) is 0 Å². The SMILES string of the molecule is C=C1C(=O)O[C@H]2[C@H]1CC/C(COC)=C\CC[C@@]1(C)O[C@@H]21. The zero-order valence-corrected chi connectivity index (χ0v) is 12.2. The van der Waals surface area contributed by atoms with Gasteiger partial charge in [0.25, 0.3) is 0 Å². The van der Waals surface area contributed by atoms with Crippen molar-refractivity contribution < 1.29 is 19.0 Å². The van der Waals surface area contributed by atoms with Crippen molar-refractivity contribution in [1.29, 1.82) is 0 Å². The molecule has 2 aliphatic heterocycles. The number of methoxy groups -OCH3 is 1. The first-order chi connectivity index (χ1) is 9.55. The molecule has 2 heterocycles. The molecule has 0 aromatic rings. The maximum absolute atomic E-state index is 11.8. The predicted octanol–water partition coefficient (Wildman–Crippen LogP) is 2.39. The van der Waals surface area contributed by atoms with Gasteiger partial charge in [0.1, 0.15) is 12.2 Å². The van der Waals surface area contributed by atoms with Crippen molar-refractivity contribution in [3.8, 4) is 0 Å². The summed E-state index contributed by atoms with van der Waals surface area (Å²) in [6.07, 6.45) is 5.88. The highest BCUT2D eigenvalue weighted by atomic mass is 16.6. The van der Waals surface area contributed by atoms with Crippen LogP contribution < -0.4 is 0 Å². The zero-order valence-electron chi connectivity index (χ0n) is 12.2. The Hall–Kier alpha value is -1.13. The van der Waals surface area contributed by atoms with Gasteiger partial charge in [0, 0.05) is 18.6 Å². The number of esters is 1. The van der Waals surface area contributed by atoms with Gasteiger partial charge in [-0.1, -0.05) is 12.7 Å². The Kier molecular flexibility index (Phi) is 3.46. The third-order valence-corrected chi connectivity index (χ3v) is 4.77. The second kappa shape index (κ2) is 5.01. The quantitative estimate of drug-likeness (QED) is 0.337. The molecule has 4 atom stereocenters. The van der Waals surface area contributed by atoms with Crippen LogP contribution in [0.2, 0.25) is 0 Å². The monoisotopic (exact) mass is 278 g/mol. The van der Waals surface area contributed by atoms with Crippen LogP contribution in [0.4, 0.5) is 0 Å². The second-order valence-electron chi connectivity index (χ2n) is 6.23. The van der Waals surface area contributed by atoms with Crippen LogP contribution in [0.3, 0.4) is 0 Å². The Morgan fingerprint density at radius 1 is 1.55 bits per heavy atom. The number of ether oxygens (including phenoxy) is 3. The average molecular weight is 278 g/mol. The molecule has 0 N–H and O–H groups in total. The molecule has 2 fully saturated rings. The largest absolute Gasteiger partial charge is 0.455 e. The number of carbonyl (C=O) groups is 1. The van der Waals surface area contributed by atoms with Gasteiger partial charge in [-0.15, -0.1) is 0 Å². The van der Waals surface area contributed by atoms with Crippen LogP contribution in [0, 0.1) is 5.92 Å². The minimum Gasteiger partial charge on any atom is -0.455 e. The molecule has 20 heavy (non-hydrogen) atoms. The van der Waals surface area contributed by atoms with Crippen molar-refractivity contribution in [2.24, 2.45) is 5.92 Å². The lowest BCUT2D eigenvalue weighted by molar-refractivity contribution is -0.140. The summed E-state index contributed by atoms with van der Waals surface area (Å²) in [5.41, 5.74) is 1.74. The Morgan fingerprint density at radius 3 is 3.10 bits per heavy atom. The minimum atomic E-state index is -0.255. The third-order valence-electron chi connectivity index (χ3n) is 4.77. The van der Waals surface area contributed by atoms with Crippen LogP contribution in [0.5, 0.6) is 0 Å². The van der Waals surface area contributed by atoms with Crippen molar-refractivity contribution >= 4 is 5.97 Å². The summed E-state index contributed by atoms with van der Waals surface area (Å²) >= 11 is 0. The molecule has 0 unspecified atom stereocenters. The molecule has 3 rings (SSSR count). The van der Waals surface area contributed by atoms with Crippen LogP contribution >= 0.6 is 0 Å². The number of carbonyl (C=O) groups excluding carboxylic acids is 1. The van der Waals surface area contributed by atoms with Gasteiger partial charge in [0.05, 0.1) is 12.2 Å². The number of fused-ring (bicyclic) bond motifs is 3. The molecular formula is C16H22O4. The highest BCUT2D eigenvalue weighted by Crippen LogP contribution is 2.49. The second-order valence-corrected chi connectivity index (χ2v) is 6.23. The van der Waals surface area contributed by atoms with Gasteiger partial charge in [0.15, 0.2) is 0 Å². The Morgan fingerprint density at radius 2 is 2.35 bits per heavy atom. The smallest absolute Gasteiger partial charge is 0.334 e. The van der Waals surface area contributed by atoms with Crippen molar-refractivity contribution in [3.05, 3.63) is 23.8 Å². The molecule has 0 aromatic heterocycles. The summed E-state index contributed by atoms with van der Waals surface area (Å²) in [6.45, 7) is 6.67. The van der Waals surface area contributed by atoms with Crippen LogP contribution in [0.1, 0.15) is 32.6 Å². The summed E-state index contributed by atoms with van der Waals surface area (Å²) in [5, 5.41) is 0. The number of hydrogen-bond donors (Lipinski definition) is 0. The number of hydrogen-bond acceptors (Lipinski definition) is 4. The Labute approximate surface area is 119 Å². The molecule has 3 aliphatic rings. The summed E-state index contributed by atoms with van der Waals surface area (Å²) < 4.78 is 16.6. The maximum atomic E-state index is 11.8. The van der Waals surface area contributed by atoms with E-state index >= 15 is 0 Å². The molecule has 0 spiro atoms. The number of epoxide rings is 1. The third kappa shape index (κ3) is 2.31. The lowest BCUT2D eigenvalue weighted by atomic mass is 9.84. The van der Waals surface area contributed by atoms with Gasteiger partial charge in [-0.2, -0.15) is 0 Å². The molecule has 110 valence electrons. The lowest BCUT2D eigenvalue weighted by Crippen LogP contribution is -2.29. The van der Waals surface area contributed by atoms with Gasteiger partial charge >= 0.3 is 5.97 Å². The first kappa shape index (κ1) is 13.8. The summed E-state index contributed by atoms with van der Waals surface area (Å²) in [4.78, 5) is 11.8. The molecule has 1 aliphatic carbocycles. The fourth-order valence-electron chi connectivity index (χ4n) is 3.44. The molecule has 0 aromatic carbocycles. The number of rotatable bonds is 2. The van der Waals surface area contributed by atoms with Crippen molar-refractivity contribution in [1.82, 2.24) is 0 Å². The van der Waals surface area contributed by atoms with Crippen molar-refractivity contribution in [2.75, 3.05) is 13.7 Å². The van der Waals surface area contributed by atoms with E-state index in [0.29, 0.717) is 12.2 Å². The van der Waals surface area contributed by atoms with Gasteiger partial charge < -0.3 is 14.2 Å². The Balaban J connectivity index is 1.82. The molecule has 0 amide bonds. The van der Waals surface area contributed by atoms with E-state index in [1.54, 1.807) is 7.11 Å². The van der Waals surface area contributed by atoms with E-state index in [1.165, 1.54) is 5.57 Å². The van der Waals surface area contributed by atoms with E-state index in [0.717, 1.165) is 25.7 Å². The fourth-order valence-corrected chi connectivity index (χ4v) is 3.44. The van der Waals surface area contributed by atoms with Crippen LogP contribution in [-0.4, -0.2) is 37.5 Å². The maximum Gasteiger partial charge on any atom is 0.334 e. The molecule has 0 radical (unpaired) electrons. The molecule has 2 saturated heterocycles. The standard InChI is InChI=1S/C16H22O4/c1-10-12-7-6-11(9-18-3)5-4-8-16(2)14(20-16)13(12)19-15(10)17/h5,12-14H,1,4,6-9H2,2-3H3/b11-5+/t12-,13-,14-,16+/m0/s1. The van der Waals surface area contributed by atoms with Crippen molar-refractivity contribution in [3.63, 3.8) is 0 Å². The van der Waals surface area contributed by atoms with E-state index in [2.05, 4.69) is 19.6 Å². The normalized spacial score (nSPS) is 43.1. The molecule has 4 heteroatoms. The van der Waals surface area contributed by atoms with Gasteiger partial charge in [-0.3, -0.25) is 0 Å². The van der Waals surface area contributed by atoms with Crippen LogP contribution in [0.15, 0.2) is 23.8 Å². The van der Waals surface area contributed by atoms with Crippen molar-refractivity contribution in [2.45, 2.75) is 50.4 Å². The zero-order chi connectivity index (χ0) is 14.3. The fraction of sp³-hybridized carbons (Fsp3) is 0.688. The number of allylic oxidation sites excluding steroid dienone is 1. The topological polar surface area (TPSA) is 48.1 Å². The Bertz CT molecular complexity index is 467. The summed E-state index contributed by atoms with van der Waals surface area (Å²) in [6, 6.07) is 0. The van der Waals surface area contributed by atoms with E-state index in [4.69, 9.17) is 14.2 Å². The van der Waals surface area contributed by atoms with Gasteiger partial charge in [-0.05, 0) is 38.2 Å². The molecular weight excluding hydrogens is 256 g/mol. The molecule has 4 nitrogen and oxygen atoms in total.